The first kappa shape index (κ1) is 11.9. The normalized spacial score (nSPS) is 9.78. The van der Waals surface area contributed by atoms with Crippen molar-refractivity contribution in [2.45, 2.75) is 6.92 Å². The van der Waals surface area contributed by atoms with Gasteiger partial charge in [-0.1, -0.05) is 6.07 Å². The van der Waals surface area contributed by atoms with E-state index in [9.17, 15) is 5.11 Å². The van der Waals surface area contributed by atoms with Crippen LogP contribution in [0, 0.1) is 11.3 Å². The Morgan fingerprint density at radius 1 is 1.28 bits per heavy atom. The summed E-state index contributed by atoms with van der Waals surface area (Å²) in [4.78, 5) is 6.06. The summed E-state index contributed by atoms with van der Waals surface area (Å²) in [5.41, 5.74) is 2.18. The first-order chi connectivity index (χ1) is 8.74. The lowest BCUT2D eigenvalue weighted by Crippen LogP contribution is -2.16. The molecule has 2 rings (SSSR count). The van der Waals surface area contributed by atoms with Gasteiger partial charge in [-0.15, -0.1) is 0 Å². The number of phenolic OH excluding ortho intramolecular Hbond substituents is 1. The molecule has 0 amide bonds. The molecular formula is C14H13N3O. The van der Waals surface area contributed by atoms with Crippen molar-refractivity contribution in [1.29, 1.82) is 5.26 Å². The van der Waals surface area contributed by atoms with Crippen LogP contribution in [-0.2, 0) is 0 Å². The lowest BCUT2D eigenvalue weighted by Gasteiger charge is -2.22. The standard InChI is InChI=1S/C14H13N3O/c1-2-17(12-4-3-5-14(18)8-12)13-7-6-11(9-15)16-10-13/h3-8,10,18H,2H2,1H3. The minimum Gasteiger partial charge on any atom is -0.508 e. The van der Waals surface area contributed by atoms with E-state index in [-0.39, 0.29) is 5.75 Å². The average molecular weight is 239 g/mol. The second-order valence-electron chi connectivity index (χ2n) is 3.78. The maximum Gasteiger partial charge on any atom is 0.140 e. The van der Waals surface area contributed by atoms with Crippen LogP contribution in [0.15, 0.2) is 42.6 Å². The van der Waals surface area contributed by atoms with Gasteiger partial charge in [-0.05, 0) is 31.2 Å². The van der Waals surface area contributed by atoms with Gasteiger partial charge in [0.2, 0.25) is 0 Å². The van der Waals surface area contributed by atoms with Gasteiger partial charge in [-0.3, -0.25) is 0 Å². The lowest BCUT2D eigenvalue weighted by atomic mass is 10.2. The van der Waals surface area contributed by atoms with Crippen LogP contribution in [0.4, 0.5) is 11.4 Å². The number of phenols is 1. The molecule has 0 aliphatic carbocycles. The zero-order valence-corrected chi connectivity index (χ0v) is 10.0. The maximum absolute atomic E-state index is 9.50. The van der Waals surface area contributed by atoms with Gasteiger partial charge in [0.15, 0.2) is 0 Å². The second kappa shape index (κ2) is 5.19. The number of pyridine rings is 1. The summed E-state index contributed by atoms with van der Waals surface area (Å²) >= 11 is 0. The number of nitrogens with zero attached hydrogens (tertiary/aromatic N) is 3. The van der Waals surface area contributed by atoms with Crippen LogP contribution in [0.5, 0.6) is 5.75 Å². The van der Waals surface area contributed by atoms with Crippen molar-refractivity contribution >= 4 is 11.4 Å². The van der Waals surface area contributed by atoms with Gasteiger partial charge in [0.05, 0.1) is 11.9 Å². The highest BCUT2D eigenvalue weighted by molar-refractivity contribution is 5.63. The molecule has 2 aromatic rings. The molecule has 1 N–H and O–H groups in total. The zero-order chi connectivity index (χ0) is 13.0. The van der Waals surface area contributed by atoms with Crippen LogP contribution in [0.2, 0.25) is 0 Å². The highest BCUT2D eigenvalue weighted by Crippen LogP contribution is 2.27. The number of anilines is 2. The lowest BCUT2D eigenvalue weighted by molar-refractivity contribution is 0.475. The topological polar surface area (TPSA) is 60.2 Å². The Bertz CT molecular complexity index is 572. The van der Waals surface area contributed by atoms with Gasteiger partial charge in [-0.25, -0.2) is 4.98 Å². The van der Waals surface area contributed by atoms with E-state index in [1.165, 1.54) is 0 Å². The van der Waals surface area contributed by atoms with Crippen molar-refractivity contribution in [1.82, 2.24) is 4.98 Å². The molecule has 0 atom stereocenters. The van der Waals surface area contributed by atoms with Crippen LogP contribution < -0.4 is 4.90 Å². The first-order valence-electron chi connectivity index (χ1n) is 5.67. The van der Waals surface area contributed by atoms with Crippen LogP contribution in [0.1, 0.15) is 12.6 Å². The minimum absolute atomic E-state index is 0.229. The Kier molecular flexibility index (Phi) is 3.44. The SMILES string of the molecule is CCN(c1ccc(C#N)nc1)c1cccc(O)c1. The summed E-state index contributed by atoms with van der Waals surface area (Å²) in [6.45, 7) is 2.76. The predicted octanol–water partition coefficient (Wildman–Crippen LogP) is 2.82. The van der Waals surface area contributed by atoms with E-state index in [1.807, 2.05) is 30.0 Å². The first-order valence-corrected chi connectivity index (χ1v) is 5.67. The van der Waals surface area contributed by atoms with Crippen molar-refractivity contribution in [2.75, 3.05) is 11.4 Å². The van der Waals surface area contributed by atoms with Gasteiger partial charge in [-0.2, -0.15) is 5.26 Å². The Balaban J connectivity index is 2.36. The van der Waals surface area contributed by atoms with Crippen molar-refractivity contribution in [3.8, 4) is 11.8 Å². The fourth-order valence-corrected chi connectivity index (χ4v) is 1.79. The molecule has 1 aromatic heterocycles. The van der Waals surface area contributed by atoms with Gasteiger partial charge >= 0.3 is 0 Å². The molecule has 18 heavy (non-hydrogen) atoms. The van der Waals surface area contributed by atoms with E-state index in [0.29, 0.717) is 5.69 Å². The third kappa shape index (κ3) is 2.41. The molecule has 0 fully saturated rings. The molecule has 0 bridgehead atoms. The summed E-state index contributed by atoms with van der Waals surface area (Å²) < 4.78 is 0. The van der Waals surface area contributed by atoms with E-state index in [2.05, 4.69) is 4.98 Å². The highest BCUT2D eigenvalue weighted by Gasteiger charge is 2.08. The molecule has 0 unspecified atom stereocenters. The third-order valence-corrected chi connectivity index (χ3v) is 2.63. The van der Waals surface area contributed by atoms with Crippen LogP contribution in [0.3, 0.4) is 0 Å². The molecule has 1 aromatic carbocycles. The number of aromatic hydroxyl groups is 1. The zero-order valence-electron chi connectivity index (χ0n) is 10.0. The van der Waals surface area contributed by atoms with Crippen LogP contribution in [0.25, 0.3) is 0 Å². The van der Waals surface area contributed by atoms with Crippen molar-refractivity contribution in [3.05, 3.63) is 48.3 Å². The average Bonchev–Trinajstić information content (AvgIpc) is 2.40. The molecule has 1 heterocycles. The second-order valence-corrected chi connectivity index (χ2v) is 3.78. The number of hydrogen-bond donors (Lipinski definition) is 1. The van der Waals surface area contributed by atoms with Gasteiger partial charge < -0.3 is 10.0 Å². The van der Waals surface area contributed by atoms with E-state index < -0.39 is 0 Å². The fraction of sp³-hybridized carbons (Fsp3) is 0.143. The maximum atomic E-state index is 9.50. The number of rotatable bonds is 3. The molecule has 90 valence electrons. The van der Waals surface area contributed by atoms with Crippen molar-refractivity contribution in [3.63, 3.8) is 0 Å². The molecule has 4 nitrogen and oxygen atoms in total. The van der Waals surface area contributed by atoms with Crippen molar-refractivity contribution < 1.29 is 5.11 Å². The predicted molar refractivity (Wildman–Crippen MR) is 69.7 cm³/mol. The molecule has 0 saturated heterocycles. The number of aromatic nitrogens is 1. The van der Waals surface area contributed by atoms with E-state index in [0.717, 1.165) is 17.9 Å². The largest absolute Gasteiger partial charge is 0.508 e. The van der Waals surface area contributed by atoms with Crippen molar-refractivity contribution in [2.24, 2.45) is 0 Å². The molecule has 0 aliphatic heterocycles. The molecule has 0 aliphatic rings. The molecular weight excluding hydrogens is 226 g/mol. The third-order valence-electron chi connectivity index (χ3n) is 2.63. The molecule has 0 spiro atoms. The van der Waals surface area contributed by atoms with E-state index >= 15 is 0 Å². The Morgan fingerprint density at radius 2 is 2.11 bits per heavy atom. The number of nitriles is 1. The summed E-state index contributed by atoms with van der Waals surface area (Å²) in [7, 11) is 0. The number of hydrogen-bond acceptors (Lipinski definition) is 4. The van der Waals surface area contributed by atoms with Gasteiger partial charge in [0.25, 0.3) is 0 Å². The van der Waals surface area contributed by atoms with Gasteiger partial charge in [0, 0.05) is 18.3 Å². The summed E-state index contributed by atoms with van der Waals surface area (Å²) in [6, 6.07) is 12.6. The van der Waals surface area contributed by atoms with Gasteiger partial charge in [0.1, 0.15) is 17.5 Å². The Hall–Kier alpha value is -2.54. The van der Waals surface area contributed by atoms with Crippen LogP contribution in [-0.4, -0.2) is 16.6 Å². The Labute approximate surface area is 106 Å². The highest BCUT2D eigenvalue weighted by atomic mass is 16.3. The fourth-order valence-electron chi connectivity index (χ4n) is 1.79. The monoisotopic (exact) mass is 239 g/mol. The minimum atomic E-state index is 0.229. The quantitative estimate of drug-likeness (QED) is 0.894. The molecule has 4 heteroatoms. The summed E-state index contributed by atoms with van der Waals surface area (Å²) in [5.74, 6) is 0.229. The molecule has 0 saturated carbocycles. The Morgan fingerprint density at radius 3 is 2.67 bits per heavy atom. The van der Waals surface area contributed by atoms with E-state index in [1.54, 1.807) is 30.5 Å². The summed E-state index contributed by atoms with van der Waals surface area (Å²) in [5, 5.41) is 18.2. The van der Waals surface area contributed by atoms with E-state index in [4.69, 9.17) is 5.26 Å². The number of benzene rings is 1. The molecule has 0 radical (unpaired) electrons. The van der Waals surface area contributed by atoms with Crippen LogP contribution >= 0.6 is 0 Å². The smallest absolute Gasteiger partial charge is 0.140 e. The summed E-state index contributed by atoms with van der Waals surface area (Å²) in [6.07, 6.45) is 1.66.